The van der Waals surface area contributed by atoms with Gasteiger partial charge in [-0.05, 0) is 56.2 Å². The van der Waals surface area contributed by atoms with Crippen LogP contribution in [0, 0.1) is 17.6 Å². The number of hydrogen-bond acceptors (Lipinski definition) is 2. The Bertz CT molecular complexity index is 493. The molecule has 3 atom stereocenters. The number of halogens is 2. The molecule has 1 saturated heterocycles. The van der Waals surface area contributed by atoms with Gasteiger partial charge in [0, 0.05) is 18.6 Å². The quantitative estimate of drug-likeness (QED) is 0.922. The Labute approximate surface area is 125 Å². The first-order valence-corrected chi connectivity index (χ1v) is 8.06. The first kappa shape index (κ1) is 14.8. The summed E-state index contributed by atoms with van der Waals surface area (Å²) in [6.07, 6.45) is 6.25. The van der Waals surface area contributed by atoms with Gasteiger partial charge in [-0.3, -0.25) is 0 Å². The van der Waals surface area contributed by atoms with E-state index in [0.717, 1.165) is 19.4 Å². The molecule has 0 amide bonds. The molecule has 0 spiro atoms. The fourth-order valence-corrected chi connectivity index (χ4v) is 4.07. The summed E-state index contributed by atoms with van der Waals surface area (Å²) in [5.74, 6) is -0.255. The lowest BCUT2D eigenvalue weighted by Gasteiger charge is -2.33. The third kappa shape index (κ3) is 2.91. The highest BCUT2D eigenvalue weighted by molar-refractivity contribution is 5.53. The van der Waals surface area contributed by atoms with Crippen molar-refractivity contribution in [2.45, 2.75) is 57.5 Å². The van der Waals surface area contributed by atoms with Crippen molar-refractivity contribution in [2.75, 3.05) is 11.4 Å². The maximum absolute atomic E-state index is 14.4. The molecule has 1 heterocycles. The molecular formula is C17H24F2N2. The van der Waals surface area contributed by atoms with Gasteiger partial charge in [-0.2, -0.15) is 0 Å². The smallest absolute Gasteiger partial charge is 0.149 e. The second kappa shape index (κ2) is 5.91. The van der Waals surface area contributed by atoms with Gasteiger partial charge in [-0.15, -0.1) is 0 Å². The number of rotatable bonds is 3. The van der Waals surface area contributed by atoms with Crippen LogP contribution in [0.15, 0.2) is 12.1 Å². The molecule has 1 aromatic rings. The number of nitrogens with zero attached hydrogens (tertiary/aromatic N) is 1. The summed E-state index contributed by atoms with van der Waals surface area (Å²) >= 11 is 0. The van der Waals surface area contributed by atoms with Crippen LogP contribution in [-0.2, 0) is 6.42 Å². The van der Waals surface area contributed by atoms with Crippen LogP contribution in [0.4, 0.5) is 14.5 Å². The zero-order valence-corrected chi connectivity index (χ0v) is 12.6. The summed E-state index contributed by atoms with van der Waals surface area (Å²) in [5.41, 5.74) is 6.54. The molecule has 4 heteroatoms. The van der Waals surface area contributed by atoms with E-state index in [9.17, 15) is 8.78 Å². The topological polar surface area (TPSA) is 29.3 Å². The fraction of sp³-hybridized carbons (Fsp3) is 0.647. The number of benzene rings is 1. The normalized spacial score (nSPS) is 26.8. The van der Waals surface area contributed by atoms with Crippen LogP contribution in [0.25, 0.3) is 0 Å². The first-order valence-electron chi connectivity index (χ1n) is 8.06. The third-order valence-electron chi connectivity index (χ3n) is 4.93. The van der Waals surface area contributed by atoms with E-state index in [1.54, 1.807) is 0 Å². The van der Waals surface area contributed by atoms with Crippen molar-refractivity contribution in [3.8, 4) is 0 Å². The number of anilines is 1. The summed E-state index contributed by atoms with van der Waals surface area (Å²) in [5, 5.41) is 0. The van der Waals surface area contributed by atoms with Gasteiger partial charge >= 0.3 is 0 Å². The highest BCUT2D eigenvalue weighted by Crippen LogP contribution is 2.40. The Balaban J connectivity index is 1.88. The Morgan fingerprint density at radius 1 is 1.19 bits per heavy atom. The van der Waals surface area contributed by atoms with E-state index < -0.39 is 11.6 Å². The van der Waals surface area contributed by atoms with Crippen LogP contribution in [0.1, 0.15) is 44.6 Å². The van der Waals surface area contributed by atoms with Crippen LogP contribution in [0.5, 0.6) is 0 Å². The zero-order valence-electron chi connectivity index (χ0n) is 12.6. The first-order chi connectivity index (χ1) is 10.1. The summed E-state index contributed by atoms with van der Waals surface area (Å²) in [7, 11) is 0. The zero-order chi connectivity index (χ0) is 15.0. The second-order valence-electron chi connectivity index (χ2n) is 6.68. The highest BCUT2D eigenvalue weighted by Gasteiger charge is 2.37. The lowest BCUT2D eigenvalue weighted by atomic mass is 9.85. The average Bonchev–Trinajstić information content (AvgIpc) is 2.81. The van der Waals surface area contributed by atoms with Crippen molar-refractivity contribution in [3.05, 3.63) is 29.3 Å². The van der Waals surface area contributed by atoms with Crippen molar-refractivity contribution in [2.24, 2.45) is 11.7 Å². The summed E-state index contributed by atoms with van der Waals surface area (Å²) in [6.45, 7) is 2.62. The van der Waals surface area contributed by atoms with Gasteiger partial charge in [0.15, 0.2) is 0 Å². The standard InChI is InChI=1S/C17H24F2N2/c1-11(20)8-12-9-14(18)17(15(19)10-12)21-7-6-13-4-2-3-5-16(13)21/h9-11,13,16H,2-8,20H2,1H3. The molecule has 1 saturated carbocycles. The van der Waals surface area contributed by atoms with Gasteiger partial charge in [0.2, 0.25) is 0 Å². The minimum absolute atomic E-state index is 0.0934. The van der Waals surface area contributed by atoms with E-state index in [1.165, 1.54) is 31.4 Å². The lowest BCUT2D eigenvalue weighted by Crippen LogP contribution is -2.36. The molecule has 1 aliphatic carbocycles. The Hall–Kier alpha value is -1.16. The molecule has 116 valence electrons. The maximum atomic E-state index is 14.4. The van der Waals surface area contributed by atoms with Crippen LogP contribution in [0.2, 0.25) is 0 Å². The Morgan fingerprint density at radius 2 is 1.86 bits per heavy atom. The van der Waals surface area contributed by atoms with Crippen LogP contribution < -0.4 is 10.6 Å². The molecule has 0 bridgehead atoms. The number of nitrogens with two attached hydrogens (primary N) is 1. The minimum atomic E-state index is -0.433. The molecule has 1 aromatic carbocycles. The molecule has 2 fully saturated rings. The summed E-state index contributed by atoms with van der Waals surface area (Å²) < 4.78 is 28.9. The Kier molecular flexibility index (Phi) is 4.16. The van der Waals surface area contributed by atoms with E-state index in [1.807, 2.05) is 11.8 Å². The van der Waals surface area contributed by atoms with Gasteiger partial charge in [0.05, 0.1) is 0 Å². The molecule has 2 N–H and O–H groups in total. The fourth-order valence-electron chi connectivity index (χ4n) is 4.07. The van der Waals surface area contributed by atoms with Gasteiger partial charge in [0.25, 0.3) is 0 Å². The largest absolute Gasteiger partial charge is 0.364 e. The summed E-state index contributed by atoms with van der Waals surface area (Å²) in [4.78, 5) is 1.98. The van der Waals surface area contributed by atoms with E-state index in [2.05, 4.69) is 0 Å². The van der Waals surface area contributed by atoms with Gasteiger partial charge in [0.1, 0.15) is 17.3 Å². The van der Waals surface area contributed by atoms with Crippen LogP contribution in [-0.4, -0.2) is 18.6 Å². The van der Waals surface area contributed by atoms with Gasteiger partial charge in [-0.1, -0.05) is 12.8 Å². The van der Waals surface area contributed by atoms with Crippen molar-refractivity contribution >= 4 is 5.69 Å². The monoisotopic (exact) mass is 294 g/mol. The highest BCUT2D eigenvalue weighted by atomic mass is 19.1. The predicted molar refractivity (Wildman–Crippen MR) is 81.4 cm³/mol. The molecule has 3 rings (SSSR count). The molecule has 2 aliphatic rings. The van der Waals surface area contributed by atoms with Crippen molar-refractivity contribution in [1.82, 2.24) is 0 Å². The van der Waals surface area contributed by atoms with Gasteiger partial charge < -0.3 is 10.6 Å². The molecule has 3 unspecified atom stereocenters. The van der Waals surface area contributed by atoms with Crippen molar-refractivity contribution < 1.29 is 8.78 Å². The Morgan fingerprint density at radius 3 is 2.52 bits per heavy atom. The molecule has 21 heavy (non-hydrogen) atoms. The second-order valence-corrected chi connectivity index (χ2v) is 6.68. The molecular weight excluding hydrogens is 270 g/mol. The lowest BCUT2D eigenvalue weighted by molar-refractivity contribution is 0.340. The van der Waals surface area contributed by atoms with E-state index in [-0.39, 0.29) is 11.7 Å². The average molecular weight is 294 g/mol. The number of fused-ring (bicyclic) bond motifs is 1. The van der Waals surface area contributed by atoms with Gasteiger partial charge in [-0.25, -0.2) is 8.78 Å². The van der Waals surface area contributed by atoms with E-state index in [0.29, 0.717) is 23.9 Å². The molecule has 1 aliphatic heterocycles. The van der Waals surface area contributed by atoms with E-state index in [4.69, 9.17) is 5.73 Å². The van der Waals surface area contributed by atoms with Crippen LogP contribution >= 0.6 is 0 Å². The molecule has 0 radical (unpaired) electrons. The molecule has 0 aromatic heterocycles. The van der Waals surface area contributed by atoms with Crippen molar-refractivity contribution in [1.29, 1.82) is 0 Å². The minimum Gasteiger partial charge on any atom is -0.364 e. The third-order valence-corrected chi connectivity index (χ3v) is 4.93. The predicted octanol–water partition coefficient (Wildman–Crippen LogP) is 3.62. The SMILES string of the molecule is CC(N)Cc1cc(F)c(N2CCC3CCCCC32)c(F)c1. The summed E-state index contributed by atoms with van der Waals surface area (Å²) in [6, 6.07) is 3.14. The van der Waals surface area contributed by atoms with Crippen molar-refractivity contribution in [3.63, 3.8) is 0 Å². The number of hydrogen-bond donors (Lipinski definition) is 1. The maximum Gasteiger partial charge on any atom is 0.149 e. The van der Waals surface area contributed by atoms with E-state index >= 15 is 0 Å². The molecule has 2 nitrogen and oxygen atoms in total. The van der Waals surface area contributed by atoms with Crippen LogP contribution in [0.3, 0.4) is 0 Å².